The largest absolute Gasteiger partial charge is 0.506 e. The van der Waals surface area contributed by atoms with Crippen molar-refractivity contribution in [3.8, 4) is 5.75 Å². The van der Waals surface area contributed by atoms with Crippen molar-refractivity contribution in [1.29, 1.82) is 0 Å². The second-order valence-electron chi connectivity index (χ2n) is 2.41. The lowest BCUT2D eigenvalue weighted by Crippen LogP contribution is -1.69. The van der Waals surface area contributed by atoms with Gasteiger partial charge in [-0.05, 0) is 19.1 Å². The number of fused-ring (bicyclic) bond motifs is 1. The molecule has 0 radical (unpaired) electrons. The maximum Gasteiger partial charge on any atom is 0.155 e. The van der Waals surface area contributed by atoms with E-state index in [1.54, 1.807) is 12.1 Å². The van der Waals surface area contributed by atoms with Crippen molar-refractivity contribution in [3.05, 3.63) is 24.0 Å². The van der Waals surface area contributed by atoms with E-state index >= 15 is 0 Å². The Morgan fingerprint density at radius 3 is 3.00 bits per heavy atom. The zero-order chi connectivity index (χ0) is 7.84. The maximum absolute atomic E-state index is 9.26. The smallest absolute Gasteiger partial charge is 0.155 e. The average molecular weight is 149 g/mol. The van der Waals surface area contributed by atoms with Gasteiger partial charge in [0.05, 0.1) is 0 Å². The van der Waals surface area contributed by atoms with E-state index in [9.17, 15) is 5.11 Å². The van der Waals surface area contributed by atoms with Gasteiger partial charge in [0.2, 0.25) is 0 Å². The molecule has 1 heterocycles. The molecule has 1 N–H and O–H groups in total. The molecular formula is C8H7NO2. The molecule has 2 rings (SSSR count). The van der Waals surface area contributed by atoms with Gasteiger partial charge in [-0.2, -0.15) is 0 Å². The van der Waals surface area contributed by atoms with Crippen LogP contribution in [0.1, 0.15) is 5.76 Å². The second kappa shape index (κ2) is 1.99. The fourth-order valence-electron chi connectivity index (χ4n) is 1.07. The van der Waals surface area contributed by atoms with E-state index in [0.29, 0.717) is 5.52 Å². The molecule has 0 amide bonds. The van der Waals surface area contributed by atoms with Crippen LogP contribution < -0.4 is 0 Å². The normalized spacial score (nSPS) is 10.6. The molecule has 0 fully saturated rings. The number of rotatable bonds is 0. The molecule has 1 aromatic carbocycles. The summed E-state index contributed by atoms with van der Waals surface area (Å²) in [7, 11) is 0. The molecule has 0 saturated carbocycles. The van der Waals surface area contributed by atoms with E-state index in [-0.39, 0.29) is 5.75 Å². The Labute approximate surface area is 63.2 Å². The van der Waals surface area contributed by atoms with Gasteiger partial charge in [0.1, 0.15) is 11.5 Å². The Hall–Kier alpha value is -1.51. The number of phenolic OH excluding ortho intramolecular Hbond substituents is 1. The van der Waals surface area contributed by atoms with Crippen molar-refractivity contribution < 1.29 is 9.63 Å². The minimum absolute atomic E-state index is 0.166. The maximum atomic E-state index is 9.26. The van der Waals surface area contributed by atoms with E-state index in [1.165, 1.54) is 0 Å². The summed E-state index contributed by atoms with van der Waals surface area (Å²) in [4.78, 5) is 0. The van der Waals surface area contributed by atoms with Crippen molar-refractivity contribution in [3.63, 3.8) is 0 Å². The third kappa shape index (κ3) is 0.774. The predicted molar refractivity (Wildman–Crippen MR) is 40.4 cm³/mol. The monoisotopic (exact) mass is 149 g/mol. The first-order valence-electron chi connectivity index (χ1n) is 3.33. The number of benzene rings is 1. The SMILES string of the molecule is Cc1onc2c(O)cccc12. The lowest BCUT2D eigenvalue weighted by Gasteiger charge is -1.89. The Morgan fingerprint density at radius 2 is 2.27 bits per heavy atom. The van der Waals surface area contributed by atoms with Gasteiger partial charge in [0.15, 0.2) is 5.52 Å². The molecule has 11 heavy (non-hydrogen) atoms. The summed E-state index contributed by atoms with van der Waals surface area (Å²) < 4.78 is 4.89. The van der Waals surface area contributed by atoms with Crippen LogP contribution in [0.25, 0.3) is 10.9 Å². The van der Waals surface area contributed by atoms with Gasteiger partial charge in [0, 0.05) is 5.39 Å². The summed E-state index contributed by atoms with van der Waals surface area (Å²) in [6, 6.07) is 5.22. The number of aryl methyl sites for hydroxylation is 1. The molecule has 0 unspecified atom stereocenters. The minimum Gasteiger partial charge on any atom is -0.506 e. The summed E-state index contributed by atoms with van der Waals surface area (Å²) in [5.74, 6) is 0.898. The van der Waals surface area contributed by atoms with Crippen molar-refractivity contribution >= 4 is 10.9 Å². The number of hydrogen-bond donors (Lipinski definition) is 1. The number of phenols is 1. The van der Waals surface area contributed by atoms with Crippen LogP contribution in [0.3, 0.4) is 0 Å². The van der Waals surface area contributed by atoms with Crippen LogP contribution in [0.15, 0.2) is 22.7 Å². The van der Waals surface area contributed by atoms with Gasteiger partial charge in [0.25, 0.3) is 0 Å². The zero-order valence-corrected chi connectivity index (χ0v) is 6.03. The average Bonchev–Trinajstić information content (AvgIpc) is 2.35. The topological polar surface area (TPSA) is 46.3 Å². The van der Waals surface area contributed by atoms with Crippen LogP contribution in [0.5, 0.6) is 5.75 Å². The highest BCUT2D eigenvalue weighted by molar-refractivity contribution is 5.85. The summed E-state index contributed by atoms with van der Waals surface area (Å²) in [5.41, 5.74) is 0.532. The van der Waals surface area contributed by atoms with E-state index < -0.39 is 0 Å². The van der Waals surface area contributed by atoms with E-state index in [2.05, 4.69) is 5.16 Å². The Kier molecular flexibility index (Phi) is 1.12. The molecule has 0 spiro atoms. The second-order valence-corrected chi connectivity index (χ2v) is 2.41. The summed E-state index contributed by atoms with van der Waals surface area (Å²) in [5, 5.41) is 13.8. The van der Waals surface area contributed by atoms with Gasteiger partial charge in [-0.1, -0.05) is 11.2 Å². The lowest BCUT2D eigenvalue weighted by molar-refractivity contribution is 0.401. The minimum atomic E-state index is 0.166. The quantitative estimate of drug-likeness (QED) is 0.621. The molecule has 3 heteroatoms. The fourth-order valence-corrected chi connectivity index (χ4v) is 1.07. The Bertz CT molecular complexity index is 392. The van der Waals surface area contributed by atoms with Gasteiger partial charge in [-0.3, -0.25) is 0 Å². The predicted octanol–water partition coefficient (Wildman–Crippen LogP) is 1.84. The molecule has 0 saturated heterocycles. The van der Waals surface area contributed by atoms with Crippen molar-refractivity contribution in [2.75, 3.05) is 0 Å². The molecule has 3 nitrogen and oxygen atoms in total. The number of nitrogens with zero attached hydrogens (tertiary/aromatic N) is 1. The molecule has 0 aliphatic rings. The third-order valence-electron chi connectivity index (χ3n) is 1.67. The van der Waals surface area contributed by atoms with Crippen LogP contribution in [-0.4, -0.2) is 10.3 Å². The van der Waals surface area contributed by atoms with Crippen LogP contribution >= 0.6 is 0 Å². The Morgan fingerprint density at radius 1 is 1.45 bits per heavy atom. The summed E-state index contributed by atoms with van der Waals surface area (Å²) in [6.07, 6.45) is 0. The third-order valence-corrected chi connectivity index (χ3v) is 1.67. The van der Waals surface area contributed by atoms with Crippen LogP contribution in [-0.2, 0) is 0 Å². The Balaban J connectivity index is 2.94. The summed E-state index contributed by atoms with van der Waals surface area (Å²) in [6.45, 7) is 1.81. The molecule has 0 atom stereocenters. The van der Waals surface area contributed by atoms with Gasteiger partial charge >= 0.3 is 0 Å². The molecular weight excluding hydrogens is 142 g/mol. The molecule has 0 aliphatic carbocycles. The lowest BCUT2D eigenvalue weighted by atomic mass is 10.2. The first kappa shape index (κ1) is 6.22. The van der Waals surface area contributed by atoms with Crippen molar-refractivity contribution in [1.82, 2.24) is 5.16 Å². The molecule has 1 aromatic heterocycles. The fraction of sp³-hybridized carbons (Fsp3) is 0.125. The number of hydrogen-bond acceptors (Lipinski definition) is 3. The first-order chi connectivity index (χ1) is 5.29. The number of aromatic hydroxyl groups is 1. The van der Waals surface area contributed by atoms with Gasteiger partial charge in [-0.25, -0.2) is 0 Å². The molecule has 0 bridgehead atoms. The molecule has 0 aliphatic heterocycles. The summed E-state index contributed by atoms with van der Waals surface area (Å²) >= 11 is 0. The van der Waals surface area contributed by atoms with E-state index in [0.717, 1.165) is 11.1 Å². The van der Waals surface area contributed by atoms with Crippen molar-refractivity contribution in [2.24, 2.45) is 0 Å². The highest BCUT2D eigenvalue weighted by Gasteiger charge is 2.05. The van der Waals surface area contributed by atoms with Gasteiger partial charge < -0.3 is 9.63 Å². The highest BCUT2D eigenvalue weighted by atomic mass is 16.5. The first-order valence-corrected chi connectivity index (χ1v) is 3.33. The molecule has 56 valence electrons. The number of aromatic nitrogens is 1. The van der Waals surface area contributed by atoms with Crippen molar-refractivity contribution in [2.45, 2.75) is 6.92 Å². The van der Waals surface area contributed by atoms with E-state index in [4.69, 9.17) is 4.52 Å². The van der Waals surface area contributed by atoms with Crippen LogP contribution in [0.2, 0.25) is 0 Å². The standard InChI is InChI=1S/C8H7NO2/c1-5-6-3-2-4-7(10)8(6)9-11-5/h2-4,10H,1H3. The highest BCUT2D eigenvalue weighted by Crippen LogP contribution is 2.24. The van der Waals surface area contributed by atoms with Crippen LogP contribution in [0.4, 0.5) is 0 Å². The molecule has 2 aromatic rings. The van der Waals surface area contributed by atoms with E-state index in [1.807, 2.05) is 13.0 Å². The van der Waals surface area contributed by atoms with Crippen LogP contribution in [0, 0.1) is 6.92 Å². The van der Waals surface area contributed by atoms with Gasteiger partial charge in [-0.15, -0.1) is 0 Å². The zero-order valence-electron chi connectivity index (χ0n) is 6.03.